The molecule has 3 rings (SSSR count). The number of aromatic nitrogens is 1. The third-order valence-electron chi connectivity index (χ3n) is 5.18. The summed E-state index contributed by atoms with van der Waals surface area (Å²) in [4.78, 5) is 32.0. The monoisotopic (exact) mass is 369 g/mol. The Balaban J connectivity index is 1.63. The third-order valence-corrected chi connectivity index (χ3v) is 5.18. The van der Waals surface area contributed by atoms with E-state index in [0.29, 0.717) is 38.2 Å². The first-order chi connectivity index (χ1) is 13.0. The van der Waals surface area contributed by atoms with Gasteiger partial charge in [0.1, 0.15) is 5.75 Å². The zero-order valence-corrected chi connectivity index (χ0v) is 16.2. The number of hydrogen-bond acceptors (Lipinski definition) is 3. The van der Waals surface area contributed by atoms with Crippen LogP contribution in [0.2, 0.25) is 0 Å². The van der Waals surface area contributed by atoms with Crippen molar-refractivity contribution in [2.45, 2.75) is 26.7 Å². The van der Waals surface area contributed by atoms with Crippen molar-refractivity contribution in [2.75, 3.05) is 33.3 Å². The summed E-state index contributed by atoms with van der Waals surface area (Å²) >= 11 is 0. The van der Waals surface area contributed by atoms with Gasteiger partial charge >= 0.3 is 0 Å². The van der Waals surface area contributed by atoms with Gasteiger partial charge < -0.3 is 19.5 Å². The molecule has 1 aliphatic rings. The molecule has 1 aromatic heterocycles. The number of carbonyl (C=O) groups excluding carboxylic acids is 2. The standard InChI is InChI=1S/C21H27N3O3/c1-15-12-19(27-3)16(2)11-18(15)13-20(25)23-7-4-8-24(10-9-23)21(26)17-5-6-22-14-17/h5-6,11-12,14,22H,4,7-10,13H2,1-3H3. The zero-order chi connectivity index (χ0) is 19.4. The number of H-pyrrole nitrogens is 1. The van der Waals surface area contributed by atoms with Gasteiger partial charge in [-0.25, -0.2) is 0 Å². The summed E-state index contributed by atoms with van der Waals surface area (Å²) in [5.74, 6) is 0.975. The summed E-state index contributed by atoms with van der Waals surface area (Å²) in [6, 6.07) is 5.80. The summed E-state index contributed by atoms with van der Waals surface area (Å²) in [6.45, 7) is 6.49. The molecule has 0 radical (unpaired) electrons. The molecule has 1 saturated heterocycles. The molecule has 0 saturated carbocycles. The topological polar surface area (TPSA) is 65.6 Å². The lowest BCUT2D eigenvalue weighted by Gasteiger charge is -2.22. The predicted molar refractivity (Wildman–Crippen MR) is 104 cm³/mol. The van der Waals surface area contributed by atoms with Gasteiger partial charge in [0, 0.05) is 38.6 Å². The smallest absolute Gasteiger partial charge is 0.255 e. The summed E-state index contributed by atoms with van der Waals surface area (Å²) in [5, 5.41) is 0. The van der Waals surface area contributed by atoms with E-state index in [-0.39, 0.29) is 11.8 Å². The molecule has 2 amide bonds. The minimum absolute atomic E-state index is 0.0205. The van der Waals surface area contributed by atoms with Gasteiger partial charge in [0.15, 0.2) is 0 Å². The highest BCUT2D eigenvalue weighted by Crippen LogP contribution is 2.23. The quantitative estimate of drug-likeness (QED) is 0.901. The number of rotatable bonds is 4. The average molecular weight is 369 g/mol. The second-order valence-corrected chi connectivity index (χ2v) is 7.05. The number of aryl methyl sites for hydroxylation is 2. The van der Waals surface area contributed by atoms with Crippen molar-refractivity contribution in [3.63, 3.8) is 0 Å². The van der Waals surface area contributed by atoms with Crippen LogP contribution in [0.1, 0.15) is 33.5 Å². The molecule has 0 aliphatic carbocycles. The van der Waals surface area contributed by atoms with Crippen molar-refractivity contribution in [1.82, 2.24) is 14.8 Å². The molecule has 0 unspecified atom stereocenters. The molecule has 0 atom stereocenters. The van der Waals surface area contributed by atoms with E-state index in [2.05, 4.69) is 4.98 Å². The van der Waals surface area contributed by atoms with E-state index in [1.165, 1.54) is 0 Å². The van der Waals surface area contributed by atoms with Crippen molar-refractivity contribution >= 4 is 11.8 Å². The van der Waals surface area contributed by atoms with Gasteiger partial charge in [-0.15, -0.1) is 0 Å². The van der Waals surface area contributed by atoms with Crippen LogP contribution < -0.4 is 4.74 Å². The molecule has 6 nitrogen and oxygen atoms in total. The largest absolute Gasteiger partial charge is 0.496 e. The summed E-state index contributed by atoms with van der Waals surface area (Å²) in [5.41, 5.74) is 3.79. The third kappa shape index (κ3) is 4.32. The Labute approximate surface area is 160 Å². The maximum absolute atomic E-state index is 12.8. The van der Waals surface area contributed by atoms with Gasteiger partial charge in [0.2, 0.25) is 5.91 Å². The minimum Gasteiger partial charge on any atom is -0.496 e. The predicted octanol–water partition coefficient (Wildman–Crippen LogP) is 2.56. The van der Waals surface area contributed by atoms with Crippen molar-refractivity contribution in [2.24, 2.45) is 0 Å². The molecule has 0 spiro atoms. The second-order valence-electron chi connectivity index (χ2n) is 7.05. The first-order valence-electron chi connectivity index (χ1n) is 9.33. The van der Waals surface area contributed by atoms with Crippen LogP contribution in [0.25, 0.3) is 0 Å². The number of aromatic amines is 1. The number of benzene rings is 1. The highest BCUT2D eigenvalue weighted by Gasteiger charge is 2.23. The Kier molecular flexibility index (Phi) is 5.84. The van der Waals surface area contributed by atoms with Crippen molar-refractivity contribution in [3.8, 4) is 5.75 Å². The molecule has 1 aliphatic heterocycles. The Morgan fingerprint density at radius 3 is 2.52 bits per heavy atom. The molecular formula is C21H27N3O3. The number of carbonyl (C=O) groups is 2. The fourth-order valence-electron chi connectivity index (χ4n) is 3.54. The number of methoxy groups -OCH3 is 1. The summed E-state index contributed by atoms with van der Waals surface area (Å²) < 4.78 is 5.35. The van der Waals surface area contributed by atoms with E-state index < -0.39 is 0 Å². The molecular weight excluding hydrogens is 342 g/mol. The van der Waals surface area contributed by atoms with E-state index >= 15 is 0 Å². The van der Waals surface area contributed by atoms with E-state index in [1.54, 1.807) is 25.6 Å². The molecule has 1 aromatic carbocycles. The maximum Gasteiger partial charge on any atom is 0.255 e. The Morgan fingerprint density at radius 1 is 1.07 bits per heavy atom. The van der Waals surface area contributed by atoms with Gasteiger partial charge in [-0.05, 0) is 49.1 Å². The summed E-state index contributed by atoms with van der Waals surface area (Å²) in [7, 11) is 1.66. The molecule has 1 fully saturated rings. The SMILES string of the molecule is COc1cc(C)c(CC(=O)N2CCCN(C(=O)c3cc[nH]c3)CC2)cc1C. The van der Waals surface area contributed by atoms with E-state index in [9.17, 15) is 9.59 Å². The molecule has 144 valence electrons. The number of hydrogen-bond donors (Lipinski definition) is 1. The number of nitrogens with zero attached hydrogens (tertiary/aromatic N) is 2. The van der Waals surface area contributed by atoms with Crippen LogP contribution in [-0.2, 0) is 11.2 Å². The van der Waals surface area contributed by atoms with Crippen molar-refractivity contribution < 1.29 is 14.3 Å². The Hall–Kier alpha value is -2.76. The number of nitrogens with one attached hydrogen (secondary N) is 1. The van der Waals surface area contributed by atoms with Gasteiger partial charge in [0.05, 0.1) is 19.1 Å². The Morgan fingerprint density at radius 2 is 1.81 bits per heavy atom. The summed E-state index contributed by atoms with van der Waals surface area (Å²) in [6.07, 6.45) is 4.63. The average Bonchev–Trinajstić information content (AvgIpc) is 3.08. The van der Waals surface area contributed by atoms with Crippen LogP contribution in [0.15, 0.2) is 30.6 Å². The molecule has 27 heavy (non-hydrogen) atoms. The lowest BCUT2D eigenvalue weighted by atomic mass is 10.0. The second kappa shape index (κ2) is 8.29. The molecule has 2 heterocycles. The van der Waals surface area contributed by atoms with Crippen LogP contribution >= 0.6 is 0 Å². The van der Waals surface area contributed by atoms with E-state index in [4.69, 9.17) is 4.74 Å². The zero-order valence-electron chi connectivity index (χ0n) is 16.2. The highest BCUT2D eigenvalue weighted by atomic mass is 16.5. The fourth-order valence-corrected chi connectivity index (χ4v) is 3.54. The van der Waals surface area contributed by atoms with E-state index in [1.807, 2.05) is 35.8 Å². The van der Waals surface area contributed by atoms with Gasteiger partial charge in [-0.1, -0.05) is 6.07 Å². The van der Waals surface area contributed by atoms with Crippen molar-refractivity contribution in [1.29, 1.82) is 0 Å². The minimum atomic E-state index is 0.0205. The Bertz CT molecular complexity index is 814. The lowest BCUT2D eigenvalue weighted by molar-refractivity contribution is -0.130. The van der Waals surface area contributed by atoms with Gasteiger partial charge in [-0.3, -0.25) is 9.59 Å². The first kappa shape index (κ1) is 19.0. The lowest BCUT2D eigenvalue weighted by Crippen LogP contribution is -2.38. The number of ether oxygens (including phenoxy) is 1. The molecule has 2 aromatic rings. The van der Waals surface area contributed by atoms with Gasteiger partial charge in [0.25, 0.3) is 5.91 Å². The van der Waals surface area contributed by atoms with Crippen LogP contribution in [0.5, 0.6) is 5.75 Å². The van der Waals surface area contributed by atoms with Crippen molar-refractivity contribution in [3.05, 3.63) is 52.8 Å². The molecule has 6 heteroatoms. The number of amides is 2. The fraction of sp³-hybridized carbons (Fsp3) is 0.429. The maximum atomic E-state index is 12.8. The first-order valence-corrected chi connectivity index (χ1v) is 9.33. The van der Waals surface area contributed by atoms with Crippen LogP contribution in [0, 0.1) is 13.8 Å². The van der Waals surface area contributed by atoms with E-state index in [0.717, 1.165) is 28.9 Å². The molecule has 0 bridgehead atoms. The normalized spacial score (nSPS) is 14.8. The van der Waals surface area contributed by atoms with Crippen LogP contribution in [-0.4, -0.2) is 59.9 Å². The van der Waals surface area contributed by atoms with Crippen LogP contribution in [0.3, 0.4) is 0 Å². The van der Waals surface area contributed by atoms with Crippen LogP contribution in [0.4, 0.5) is 0 Å². The molecule has 1 N–H and O–H groups in total. The highest BCUT2D eigenvalue weighted by molar-refractivity contribution is 5.94. The van der Waals surface area contributed by atoms with Gasteiger partial charge in [-0.2, -0.15) is 0 Å².